The number of unbranched alkanes of at least 4 members (excludes halogenated alkanes) is 27. The number of hydrogen-bond acceptors (Lipinski definition) is 7. The van der Waals surface area contributed by atoms with Crippen molar-refractivity contribution in [2.45, 2.75) is 231 Å². The lowest BCUT2D eigenvalue weighted by Crippen LogP contribution is -2.55. The normalized spacial score (nSPS) is 12.8. The molecule has 2 atom stereocenters. The van der Waals surface area contributed by atoms with Crippen molar-refractivity contribution in [1.82, 2.24) is 0 Å². The second-order valence-corrected chi connectivity index (χ2v) is 16.7. The van der Waals surface area contributed by atoms with E-state index in [0.29, 0.717) is 12.8 Å². The summed E-state index contributed by atoms with van der Waals surface area (Å²) in [5.41, 5.74) is 0. The molecule has 0 aromatic heterocycles. The lowest BCUT2D eigenvalue weighted by atomic mass is 10.0. The molecule has 0 aliphatic rings. The minimum atomic E-state index is -1.12. The Bertz CT molecular complexity index is 843. The van der Waals surface area contributed by atoms with Crippen LogP contribution in [-0.4, -0.2) is 75.5 Å². The van der Waals surface area contributed by atoms with Gasteiger partial charge in [-0.15, -0.1) is 0 Å². The van der Waals surface area contributed by atoms with E-state index in [-0.39, 0.29) is 42.7 Å². The summed E-state index contributed by atoms with van der Waals surface area (Å²) in [4.78, 5) is 36.7. The van der Waals surface area contributed by atoms with Crippen LogP contribution in [-0.2, 0) is 28.6 Å². The highest BCUT2D eigenvalue weighted by molar-refractivity contribution is 5.70. The van der Waals surface area contributed by atoms with Crippen molar-refractivity contribution in [1.29, 1.82) is 0 Å². The zero-order valence-electron chi connectivity index (χ0n) is 35.7. The lowest BCUT2D eigenvalue weighted by Gasteiger charge is -2.34. The minimum Gasteiger partial charge on any atom is -0.544 e. The molecule has 0 spiro atoms. The summed E-state index contributed by atoms with van der Waals surface area (Å²) in [6, 6.07) is -0.718. The maximum atomic E-state index is 12.6. The standard InChI is InChI=1S/C45H87NO7/c1-6-8-10-12-14-16-17-18-19-20-21-22-23-24-25-26-28-29-31-33-35-43(47)52-40-41(39-51-38-37-42(45(49)50)46(3,4)5)53-44(48)36-34-32-30-27-15-13-11-9-7-2/h41-42H,6-40H2,1-5H3. The number of carbonyl (C=O) groups excluding carboxylic acids is 3. The minimum absolute atomic E-state index is 0.0486. The number of aliphatic carboxylic acids is 1. The van der Waals surface area contributed by atoms with E-state index < -0.39 is 18.1 Å². The van der Waals surface area contributed by atoms with E-state index in [4.69, 9.17) is 14.2 Å². The number of carboxylic acids is 1. The van der Waals surface area contributed by atoms with E-state index in [9.17, 15) is 19.5 Å². The second-order valence-electron chi connectivity index (χ2n) is 16.7. The largest absolute Gasteiger partial charge is 0.544 e. The third kappa shape index (κ3) is 35.8. The molecular formula is C45H87NO7. The molecule has 0 heterocycles. The van der Waals surface area contributed by atoms with Gasteiger partial charge < -0.3 is 28.6 Å². The fourth-order valence-corrected chi connectivity index (χ4v) is 6.95. The molecule has 53 heavy (non-hydrogen) atoms. The first-order chi connectivity index (χ1) is 25.6. The van der Waals surface area contributed by atoms with Crippen molar-refractivity contribution in [2.24, 2.45) is 0 Å². The molecule has 8 nitrogen and oxygen atoms in total. The third-order valence-electron chi connectivity index (χ3n) is 10.5. The summed E-state index contributed by atoms with van der Waals surface area (Å²) >= 11 is 0. The van der Waals surface area contributed by atoms with Gasteiger partial charge in [0, 0.05) is 19.3 Å². The van der Waals surface area contributed by atoms with Gasteiger partial charge in [-0.05, 0) is 12.8 Å². The number of quaternary nitrogens is 1. The Morgan fingerprint density at radius 3 is 1.17 bits per heavy atom. The van der Waals surface area contributed by atoms with Crippen LogP contribution in [0.15, 0.2) is 0 Å². The smallest absolute Gasteiger partial charge is 0.306 e. The summed E-state index contributed by atoms with van der Waals surface area (Å²) in [7, 11) is 5.41. The number of hydrogen-bond donors (Lipinski definition) is 0. The van der Waals surface area contributed by atoms with Crippen LogP contribution in [0.5, 0.6) is 0 Å². The van der Waals surface area contributed by atoms with Crippen LogP contribution in [0.25, 0.3) is 0 Å². The van der Waals surface area contributed by atoms with Gasteiger partial charge in [-0.3, -0.25) is 9.59 Å². The Kier molecular flexibility index (Phi) is 36.1. The topological polar surface area (TPSA) is 102 Å². The Morgan fingerprint density at radius 1 is 0.491 bits per heavy atom. The molecular weight excluding hydrogens is 666 g/mol. The summed E-state index contributed by atoms with van der Waals surface area (Å²) < 4.78 is 17.1. The molecule has 0 rings (SSSR count). The number of ether oxygens (including phenoxy) is 3. The number of carbonyl (C=O) groups is 3. The molecule has 2 unspecified atom stereocenters. The van der Waals surface area contributed by atoms with Crippen LogP contribution in [0.2, 0.25) is 0 Å². The zero-order chi connectivity index (χ0) is 39.3. The second kappa shape index (κ2) is 37.3. The molecule has 0 fully saturated rings. The molecule has 0 saturated heterocycles. The first kappa shape index (κ1) is 51.3. The zero-order valence-corrected chi connectivity index (χ0v) is 35.7. The first-order valence-electron chi connectivity index (χ1n) is 22.6. The molecule has 0 aliphatic heterocycles. The van der Waals surface area contributed by atoms with Crippen molar-refractivity contribution in [3.8, 4) is 0 Å². The molecule has 0 saturated carbocycles. The molecule has 0 radical (unpaired) electrons. The molecule has 0 bridgehead atoms. The number of carboxylic acid groups (broad SMARTS) is 1. The van der Waals surface area contributed by atoms with Gasteiger partial charge in [-0.1, -0.05) is 187 Å². The summed E-state index contributed by atoms with van der Waals surface area (Å²) in [5, 5.41) is 11.6. The summed E-state index contributed by atoms with van der Waals surface area (Å²) in [6.45, 7) is 4.67. The van der Waals surface area contributed by atoms with Crippen LogP contribution in [0.3, 0.4) is 0 Å². The van der Waals surface area contributed by atoms with Gasteiger partial charge in [0.2, 0.25) is 0 Å². The average Bonchev–Trinajstić information content (AvgIpc) is 3.11. The van der Waals surface area contributed by atoms with Crippen LogP contribution < -0.4 is 5.11 Å². The van der Waals surface area contributed by atoms with E-state index in [0.717, 1.165) is 38.5 Å². The van der Waals surface area contributed by atoms with Crippen molar-refractivity contribution < 1.29 is 38.2 Å². The van der Waals surface area contributed by atoms with Gasteiger partial charge in [-0.25, -0.2) is 0 Å². The highest BCUT2D eigenvalue weighted by Crippen LogP contribution is 2.16. The molecule has 0 aromatic rings. The van der Waals surface area contributed by atoms with E-state index in [1.54, 1.807) is 21.1 Å². The Balaban J connectivity index is 4.15. The van der Waals surface area contributed by atoms with Crippen LogP contribution in [0, 0.1) is 0 Å². The quantitative estimate of drug-likeness (QED) is 0.0348. The monoisotopic (exact) mass is 754 g/mol. The average molecular weight is 754 g/mol. The van der Waals surface area contributed by atoms with E-state index >= 15 is 0 Å². The number of esters is 2. The molecule has 0 N–H and O–H groups in total. The van der Waals surface area contributed by atoms with E-state index in [1.165, 1.54) is 148 Å². The molecule has 8 heteroatoms. The summed E-state index contributed by atoms with van der Waals surface area (Å²) in [5.74, 6) is -1.72. The maximum absolute atomic E-state index is 12.6. The Morgan fingerprint density at radius 2 is 0.830 bits per heavy atom. The number of likely N-dealkylation sites (N-methyl/N-ethyl adjacent to an activating group) is 1. The first-order valence-corrected chi connectivity index (χ1v) is 22.6. The molecule has 0 aliphatic carbocycles. The predicted octanol–water partition coefficient (Wildman–Crippen LogP) is 10.8. The molecule has 0 aromatic carbocycles. The molecule has 314 valence electrons. The number of rotatable bonds is 41. The van der Waals surface area contributed by atoms with Gasteiger partial charge >= 0.3 is 11.9 Å². The summed E-state index contributed by atoms with van der Waals surface area (Å²) in [6.07, 6.45) is 37.1. The van der Waals surface area contributed by atoms with Crippen molar-refractivity contribution >= 4 is 17.9 Å². The van der Waals surface area contributed by atoms with Crippen LogP contribution in [0.1, 0.15) is 219 Å². The lowest BCUT2D eigenvalue weighted by molar-refractivity contribution is -0.889. The van der Waals surface area contributed by atoms with Gasteiger partial charge in [0.15, 0.2) is 6.10 Å². The van der Waals surface area contributed by atoms with Crippen molar-refractivity contribution in [3.63, 3.8) is 0 Å². The Labute approximate surface area is 327 Å². The SMILES string of the molecule is CCCCCCCCCCCCCCCCCCCCCCC(=O)OCC(COCCC(C(=O)[O-])[N+](C)(C)C)OC(=O)CCCCCCCCCCC. The fourth-order valence-electron chi connectivity index (χ4n) is 6.95. The van der Waals surface area contributed by atoms with Gasteiger partial charge in [0.25, 0.3) is 0 Å². The van der Waals surface area contributed by atoms with E-state index in [1.807, 2.05) is 0 Å². The highest BCUT2D eigenvalue weighted by Gasteiger charge is 2.25. The fraction of sp³-hybridized carbons (Fsp3) is 0.933. The predicted molar refractivity (Wildman–Crippen MR) is 218 cm³/mol. The Hall–Kier alpha value is -1.67. The highest BCUT2D eigenvalue weighted by atomic mass is 16.6. The van der Waals surface area contributed by atoms with Gasteiger partial charge in [-0.2, -0.15) is 0 Å². The maximum Gasteiger partial charge on any atom is 0.306 e. The van der Waals surface area contributed by atoms with Gasteiger partial charge in [0.05, 0.1) is 40.3 Å². The molecule has 0 amide bonds. The van der Waals surface area contributed by atoms with Crippen LogP contribution in [0.4, 0.5) is 0 Å². The van der Waals surface area contributed by atoms with Crippen LogP contribution >= 0.6 is 0 Å². The van der Waals surface area contributed by atoms with E-state index in [2.05, 4.69) is 13.8 Å². The van der Waals surface area contributed by atoms with Crippen molar-refractivity contribution in [3.05, 3.63) is 0 Å². The third-order valence-corrected chi connectivity index (χ3v) is 10.5. The van der Waals surface area contributed by atoms with Crippen molar-refractivity contribution in [2.75, 3.05) is 41.0 Å². The van der Waals surface area contributed by atoms with Gasteiger partial charge in [0.1, 0.15) is 12.6 Å². The number of nitrogens with zero attached hydrogens (tertiary/aromatic N) is 1.